The highest BCUT2D eigenvalue weighted by molar-refractivity contribution is 9.10. The molecule has 0 aliphatic carbocycles. The van der Waals surface area contributed by atoms with E-state index in [9.17, 15) is 9.18 Å². The second-order valence-corrected chi connectivity index (χ2v) is 5.98. The highest BCUT2D eigenvalue weighted by Gasteiger charge is 2.49. The molecule has 2 fully saturated rings. The van der Waals surface area contributed by atoms with E-state index in [2.05, 4.69) is 25.6 Å². The third-order valence-electron chi connectivity index (χ3n) is 3.65. The van der Waals surface area contributed by atoms with Crippen LogP contribution in [0.1, 0.15) is 10.4 Å². The smallest absolute Gasteiger partial charge is 0.340 e. The Bertz CT molecular complexity index is 537. The normalized spacial score (nSPS) is 19.8. The van der Waals surface area contributed by atoms with Gasteiger partial charge in [-0.05, 0) is 28.1 Å². The van der Waals surface area contributed by atoms with Crippen molar-refractivity contribution < 1.29 is 18.7 Å². The summed E-state index contributed by atoms with van der Waals surface area (Å²) < 4.78 is 24.4. The van der Waals surface area contributed by atoms with Gasteiger partial charge in [0.15, 0.2) is 0 Å². The molecule has 0 unspecified atom stereocenters. The number of benzene rings is 1. The van der Waals surface area contributed by atoms with Crippen LogP contribution in [0.25, 0.3) is 0 Å². The van der Waals surface area contributed by atoms with Crippen molar-refractivity contribution in [1.82, 2.24) is 0 Å². The Morgan fingerprint density at radius 3 is 2.68 bits per heavy atom. The molecule has 0 N–H and O–H groups in total. The van der Waals surface area contributed by atoms with Gasteiger partial charge < -0.3 is 14.4 Å². The van der Waals surface area contributed by atoms with E-state index >= 15 is 0 Å². The van der Waals surface area contributed by atoms with E-state index in [1.165, 1.54) is 19.2 Å². The number of ether oxygens (including phenoxy) is 2. The van der Waals surface area contributed by atoms with Crippen LogP contribution in [-0.2, 0) is 9.47 Å². The Morgan fingerprint density at radius 2 is 2.16 bits per heavy atom. The standard InChI is InChI=1S/C13H13BrFNO3/c1-18-12(17)8-2-9(14)11(3-10(8)15)16-4-13(5-16)6-19-7-13/h2-3H,4-7H2,1H3. The fraction of sp³-hybridized carbons (Fsp3) is 0.462. The zero-order valence-corrected chi connectivity index (χ0v) is 12.0. The third-order valence-corrected chi connectivity index (χ3v) is 4.29. The Morgan fingerprint density at radius 1 is 1.47 bits per heavy atom. The number of esters is 1. The first-order valence-electron chi connectivity index (χ1n) is 5.95. The summed E-state index contributed by atoms with van der Waals surface area (Å²) >= 11 is 3.38. The molecule has 1 aromatic rings. The lowest BCUT2D eigenvalue weighted by Gasteiger charge is -2.56. The first-order valence-corrected chi connectivity index (χ1v) is 6.74. The molecule has 19 heavy (non-hydrogen) atoms. The molecule has 6 heteroatoms. The summed E-state index contributed by atoms with van der Waals surface area (Å²) in [5, 5.41) is 0. The van der Waals surface area contributed by atoms with Crippen LogP contribution in [0, 0.1) is 11.2 Å². The first-order chi connectivity index (χ1) is 9.04. The van der Waals surface area contributed by atoms with Gasteiger partial charge in [-0.1, -0.05) is 0 Å². The molecule has 1 aromatic carbocycles. The van der Waals surface area contributed by atoms with Gasteiger partial charge in [-0.2, -0.15) is 0 Å². The molecule has 2 aliphatic rings. The minimum Gasteiger partial charge on any atom is -0.465 e. The van der Waals surface area contributed by atoms with Crippen LogP contribution in [0.2, 0.25) is 0 Å². The molecule has 0 saturated carbocycles. The van der Waals surface area contributed by atoms with E-state index in [4.69, 9.17) is 4.74 Å². The SMILES string of the molecule is COC(=O)c1cc(Br)c(N2CC3(COC3)C2)cc1F. The van der Waals surface area contributed by atoms with Gasteiger partial charge in [0.05, 0.1) is 37.0 Å². The fourth-order valence-electron chi connectivity index (χ4n) is 2.55. The van der Waals surface area contributed by atoms with E-state index < -0.39 is 11.8 Å². The number of anilines is 1. The minimum absolute atomic E-state index is 0.0552. The van der Waals surface area contributed by atoms with Crippen molar-refractivity contribution in [2.75, 3.05) is 38.3 Å². The van der Waals surface area contributed by atoms with E-state index in [1.54, 1.807) is 0 Å². The minimum atomic E-state index is -0.669. The molecule has 2 saturated heterocycles. The molecule has 1 spiro atoms. The molecule has 102 valence electrons. The Balaban J connectivity index is 1.83. The van der Waals surface area contributed by atoms with Crippen LogP contribution < -0.4 is 4.90 Å². The molecule has 0 amide bonds. The van der Waals surface area contributed by atoms with E-state index in [1.807, 2.05) is 0 Å². The number of hydrogen-bond donors (Lipinski definition) is 0. The highest BCUT2D eigenvalue weighted by Crippen LogP contribution is 2.42. The molecule has 2 aliphatic heterocycles. The lowest BCUT2D eigenvalue weighted by Crippen LogP contribution is -2.66. The van der Waals surface area contributed by atoms with Gasteiger partial charge in [-0.3, -0.25) is 0 Å². The predicted molar refractivity (Wildman–Crippen MR) is 70.9 cm³/mol. The first kappa shape index (κ1) is 12.9. The summed E-state index contributed by atoms with van der Waals surface area (Å²) in [6.45, 7) is 3.29. The molecule has 0 bridgehead atoms. The average Bonchev–Trinajstić information content (AvgIpc) is 2.28. The lowest BCUT2D eigenvalue weighted by molar-refractivity contribution is -0.127. The van der Waals surface area contributed by atoms with Crippen LogP contribution in [0.5, 0.6) is 0 Å². The Hall–Kier alpha value is -1.14. The second-order valence-electron chi connectivity index (χ2n) is 5.12. The van der Waals surface area contributed by atoms with Gasteiger partial charge in [-0.25, -0.2) is 9.18 Å². The van der Waals surface area contributed by atoms with Gasteiger partial charge >= 0.3 is 5.97 Å². The Kier molecular flexibility index (Phi) is 3.02. The van der Waals surface area contributed by atoms with Crippen molar-refractivity contribution in [2.24, 2.45) is 5.41 Å². The lowest BCUT2D eigenvalue weighted by atomic mass is 9.78. The van der Waals surface area contributed by atoms with Crippen molar-refractivity contribution in [1.29, 1.82) is 0 Å². The molecular formula is C13H13BrFNO3. The topological polar surface area (TPSA) is 38.8 Å². The number of carbonyl (C=O) groups is 1. The van der Waals surface area contributed by atoms with Crippen molar-refractivity contribution in [3.63, 3.8) is 0 Å². The molecule has 0 atom stereocenters. The number of carbonyl (C=O) groups excluding carboxylic acids is 1. The van der Waals surface area contributed by atoms with Gasteiger partial charge in [0.1, 0.15) is 5.82 Å². The number of hydrogen-bond acceptors (Lipinski definition) is 4. The quantitative estimate of drug-likeness (QED) is 0.780. The van der Waals surface area contributed by atoms with Crippen LogP contribution in [0.3, 0.4) is 0 Å². The van der Waals surface area contributed by atoms with E-state index in [0.717, 1.165) is 32.0 Å². The maximum Gasteiger partial charge on any atom is 0.340 e. The summed E-state index contributed by atoms with van der Waals surface area (Å²) in [5.74, 6) is -1.23. The number of methoxy groups -OCH3 is 1. The van der Waals surface area contributed by atoms with Gasteiger partial charge in [0.2, 0.25) is 0 Å². The zero-order chi connectivity index (χ0) is 13.6. The van der Waals surface area contributed by atoms with E-state index in [0.29, 0.717) is 4.47 Å². The second kappa shape index (κ2) is 4.45. The van der Waals surface area contributed by atoms with E-state index in [-0.39, 0.29) is 11.0 Å². The average molecular weight is 330 g/mol. The van der Waals surface area contributed by atoms with Crippen molar-refractivity contribution in [2.45, 2.75) is 0 Å². The summed E-state index contributed by atoms with van der Waals surface area (Å²) in [4.78, 5) is 13.5. The molecule has 3 rings (SSSR count). The van der Waals surface area contributed by atoms with Gasteiger partial charge in [0.25, 0.3) is 0 Å². The van der Waals surface area contributed by atoms with Crippen molar-refractivity contribution in [3.8, 4) is 0 Å². The molecular weight excluding hydrogens is 317 g/mol. The van der Waals surface area contributed by atoms with Gasteiger partial charge in [-0.15, -0.1) is 0 Å². The van der Waals surface area contributed by atoms with Crippen LogP contribution >= 0.6 is 15.9 Å². The Labute approximate surface area is 118 Å². The molecule has 2 heterocycles. The van der Waals surface area contributed by atoms with Crippen LogP contribution in [0.4, 0.5) is 10.1 Å². The summed E-state index contributed by atoms with van der Waals surface area (Å²) in [6.07, 6.45) is 0. The van der Waals surface area contributed by atoms with Crippen LogP contribution in [-0.4, -0.2) is 39.4 Å². The number of rotatable bonds is 2. The maximum absolute atomic E-state index is 13.9. The summed E-state index contributed by atoms with van der Waals surface area (Å²) in [6, 6.07) is 2.85. The monoisotopic (exact) mass is 329 g/mol. The number of nitrogens with zero attached hydrogens (tertiary/aromatic N) is 1. The summed E-state index contributed by atoms with van der Waals surface area (Å²) in [5.41, 5.74) is 0.972. The molecule has 0 aromatic heterocycles. The maximum atomic E-state index is 13.9. The summed E-state index contributed by atoms with van der Waals surface area (Å²) in [7, 11) is 1.24. The van der Waals surface area contributed by atoms with Gasteiger partial charge in [0, 0.05) is 17.6 Å². The van der Waals surface area contributed by atoms with Crippen molar-refractivity contribution in [3.05, 3.63) is 28.0 Å². The zero-order valence-electron chi connectivity index (χ0n) is 10.4. The van der Waals surface area contributed by atoms with Crippen LogP contribution in [0.15, 0.2) is 16.6 Å². The molecule has 0 radical (unpaired) electrons. The largest absolute Gasteiger partial charge is 0.465 e. The third kappa shape index (κ3) is 2.03. The fourth-order valence-corrected chi connectivity index (χ4v) is 3.15. The number of halogens is 2. The highest BCUT2D eigenvalue weighted by atomic mass is 79.9. The molecule has 4 nitrogen and oxygen atoms in total. The predicted octanol–water partition coefficient (Wildman–Crippen LogP) is 2.21. The van der Waals surface area contributed by atoms with Crippen molar-refractivity contribution >= 4 is 27.6 Å².